The molecule has 6 heteroatoms. The quantitative estimate of drug-likeness (QED) is 0.664. The van der Waals surface area contributed by atoms with Gasteiger partial charge in [0.2, 0.25) is 0 Å². The molecular weight excluding hydrogens is 204 g/mol. The summed E-state index contributed by atoms with van der Waals surface area (Å²) in [4.78, 5) is 3.88. The average molecular weight is 221 g/mol. The Morgan fingerprint density at radius 2 is 2.07 bits per heavy atom. The molecule has 0 aromatic heterocycles. The summed E-state index contributed by atoms with van der Waals surface area (Å²) in [5, 5.41) is 0. The molecular formula is C9H17BF3N2-. The van der Waals surface area contributed by atoms with E-state index in [0.29, 0.717) is 12.6 Å². The van der Waals surface area contributed by atoms with E-state index in [9.17, 15) is 12.9 Å². The highest BCUT2D eigenvalue weighted by atomic mass is 19.4. The maximum atomic E-state index is 12.3. The van der Waals surface area contributed by atoms with Crippen molar-refractivity contribution in [1.82, 2.24) is 9.80 Å². The molecule has 1 atom stereocenters. The Hall–Kier alpha value is -0.485. The molecule has 1 saturated heterocycles. The molecule has 0 saturated carbocycles. The largest absolute Gasteiger partial charge is 0.506 e. The maximum Gasteiger partial charge on any atom is 0.506 e. The molecule has 0 aromatic carbocycles. The van der Waals surface area contributed by atoms with E-state index in [1.54, 1.807) is 0 Å². The van der Waals surface area contributed by atoms with Gasteiger partial charge in [-0.3, -0.25) is 0 Å². The predicted molar refractivity (Wildman–Crippen MR) is 56.8 cm³/mol. The van der Waals surface area contributed by atoms with Crippen molar-refractivity contribution in [2.75, 3.05) is 33.7 Å². The zero-order chi connectivity index (χ0) is 11.6. The number of halogens is 3. The average Bonchev–Trinajstić information content (AvgIpc) is 2.50. The molecule has 0 amide bonds. The van der Waals surface area contributed by atoms with E-state index in [0.717, 1.165) is 13.0 Å². The van der Waals surface area contributed by atoms with Crippen LogP contribution in [0.25, 0.3) is 0 Å². The molecule has 15 heavy (non-hydrogen) atoms. The van der Waals surface area contributed by atoms with E-state index in [1.165, 1.54) is 0 Å². The van der Waals surface area contributed by atoms with Gasteiger partial charge in [-0.2, -0.15) is 0 Å². The Morgan fingerprint density at radius 1 is 1.47 bits per heavy atom. The van der Waals surface area contributed by atoms with Crippen LogP contribution < -0.4 is 0 Å². The van der Waals surface area contributed by atoms with Gasteiger partial charge in [0.1, 0.15) is 0 Å². The number of hydrogen-bond acceptors (Lipinski definition) is 2. The lowest BCUT2D eigenvalue weighted by molar-refractivity contribution is 0.277. The lowest BCUT2D eigenvalue weighted by Gasteiger charge is -2.25. The Labute approximate surface area is 88.8 Å². The van der Waals surface area contributed by atoms with Crippen molar-refractivity contribution in [2.45, 2.75) is 12.5 Å². The van der Waals surface area contributed by atoms with Crippen LogP contribution in [0.2, 0.25) is 0 Å². The summed E-state index contributed by atoms with van der Waals surface area (Å²) in [6.07, 6.45) is 0.936. The molecule has 1 heterocycles. The van der Waals surface area contributed by atoms with Crippen LogP contribution in [0.4, 0.5) is 12.9 Å². The van der Waals surface area contributed by atoms with Crippen molar-refractivity contribution in [3.05, 3.63) is 12.1 Å². The van der Waals surface area contributed by atoms with Gasteiger partial charge in [0.15, 0.2) is 0 Å². The van der Waals surface area contributed by atoms with Crippen molar-refractivity contribution in [2.24, 2.45) is 0 Å². The van der Waals surface area contributed by atoms with Gasteiger partial charge < -0.3 is 22.7 Å². The van der Waals surface area contributed by atoms with Crippen molar-refractivity contribution in [3.8, 4) is 0 Å². The molecule has 0 aromatic rings. The van der Waals surface area contributed by atoms with Crippen LogP contribution >= 0.6 is 0 Å². The standard InChI is InChI=1S/C9H17BF3N2/c1-8(10(11,12)13)6-15-5-4-9(7-15)14(2)3/h9H,1,4-7H2,2-3H3/q-1. The molecule has 1 rings (SSSR count). The minimum absolute atomic E-state index is 0.0339. The van der Waals surface area contributed by atoms with Gasteiger partial charge >= 0.3 is 6.98 Å². The van der Waals surface area contributed by atoms with E-state index in [1.807, 2.05) is 19.0 Å². The van der Waals surface area contributed by atoms with Gasteiger partial charge in [0.05, 0.1) is 0 Å². The maximum absolute atomic E-state index is 12.3. The smallest absolute Gasteiger partial charge is 0.445 e. The van der Waals surface area contributed by atoms with Crippen LogP contribution in [-0.2, 0) is 0 Å². The van der Waals surface area contributed by atoms with Gasteiger partial charge in [0, 0.05) is 12.6 Å². The van der Waals surface area contributed by atoms with E-state index < -0.39 is 12.4 Å². The molecule has 0 aliphatic carbocycles. The molecule has 1 aliphatic rings. The first-order valence-corrected chi connectivity index (χ1v) is 5.07. The number of hydrogen-bond donors (Lipinski definition) is 0. The number of likely N-dealkylation sites (N-methyl/N-ethyl adjacent to an activating group) is 1. The summed E-state index contributed by atoms with van der Waals surface area (Å²) >= 11 is 0. The first kappa shape index (κ1) is 12.6. The summed E-state index contributed by atoms with van der Waals surface area (Å²) in [6.45, 7) is -0.362. The van der Waals surface area contributed by atoms with Crippen LogP contribution in [0.5, 0.6) is 0 Å². The van der Waals surface area contributed by atoms with Gasteiger partial charge in [-0.05, 0) is 33.6 Å². The summed E-state index contributed by atoms with van der Waals surface area (Å²) in [6, 6.07) is 0.374. The second-order valence-corrected chi connectivity index (χ2v) is 4.37. The predicted octanol–water partition coefficient (Wildman–Crippen LogP) is 1.57. The van der Waals surface area contributed by atoms with Gasteiger partial charge in [-0.15, -0.1) is 12.1 Å². The normalized spacial score (nSPS) is 23.7. The Bertz CT molecular complexity index is 240. The second-order valence-electron chi connectivity index (χ2n) is 4.37. The van der Waals surface area contributed by atoms with E-state index in [2.05, 4.69) is 11.5 Å². The highest BCUT2D eigenvalue weighted by Crippen LogP contribution is 2.21. The first-order chi connectivity index (χ1) is 6.80. The minimum atomic E-state index is -4.87. The first-order valence-electron chi connectivity index (χ1n) is 5.07. The van der Waals surface area contributed by atoms with Gasteiger partial charge in [0.25, 0.3) is 0 Å². The summed E-state index contributed by atoms with van der Waals surface area (Å²) < 4.78 is 36.9. The van der Waals surface area contributed by atoms with Crippen molar-refractivity contribution < 1.29 is 12.9 Å². The van der Waals surface area contributed by atoms with E-state index in [-0.39, 0.29) is 6.54 Å². The fourth-order valence-corrected chi connectivity index (χ4v) is 1.77. The van der Waals surface area contributed by atoms with Crippen molar-refractivity contribution in [1.29, 1.82) is 0 Å². The van der Waals surface area contributed by atoms with Gasteiger partial charge in [-0.25, -0.2) is 0 Å². The molecule has 1 aliphatic heterocycles. The molecule has 1 fully saturated rings. The number of likely N-dealkylation sites (tertiary alicyclic amines) is 1. The molecule has 1 unspecified atom stereocenters. The molecule has 2 nitrogen and oxygen atoms in total. The zero-order valence-corrected chi connectivity index (χ0v) is 9.22. The van der Waals surface area contributed by atoms with Crippen LogP contribution in [-0.4, -0.2) is 56.5 Å². The summed E-state index contributed by atoms with van der Waals surface area (Å²) in [5.74, 6) is 0. The van der Waals surface area contributed by atoms with Crippen LogP contribution in [0.3, 0.4) is 0 Å². The Balaban J connectivity index is 2.40. The molecule has 0 spiro atoms. The van der Waals surface area contributed by atoms with Crippen LogP contribution in [0, 0.1) is 0 Å². The van der Waals surface area contributed by atoms with Gasteiger partial charge in [-0.1, -0.05) is 0 Å². The van der Waals surface area contributed by atoms with E-state index in [4.69, 9.17) is 0 Å². The third-order valence-electron chi connectivity index (χ3n) is 2.87. The zero-order valence-electron chi connectivity index (χ0n) is 9.22. The lowest BCUT2D eigenvalue weighted by Crippen LogP contribution is -2.35. The third-order valence-corrected chi connectivity index (χ3v) is 2.87. The molecule has 88 valence electrons. The monoisotopic (exact) mass is 221 g/mol. The lowest BCUT2D eigenvalue weighted by atomic mass is 9.80. The van der Waals surface area contributed by atoms with E-state index >= 15 is 0 Å². The highest BCUT2D eigenvalue weighted by Gasteiger charge is 2.30. The van der Waals surface area contributed by atoms with Crippen molar-refractivity contribution >= 4 is 6.98 Å². The molecule has 0 radical (unpaired) electrons. The third kappa shape index (κ3) is 3.54. The summed E-state index contributed by atoms with van der Waals surface area (Å²) in [7, 11) is 3.91. The van der Waals surface area contributed by atoms with Crippen LogP contribution in [0.1, 0.15) is 6.42 Å². The second kappa shape index (κ2) is 4.57. The minimum Gasteiger partial charge on any atom is -0.445 e. The molecule has 0 bridgehead atoms. The Morgan fingerprint density at radius 3 is 2.47 bits per heavy atom. The van der Waals surface area contributed by atoms with Crippen molar-refractivity contribution in [3.63, 3.8) is 0 Å². The Kier molecular flexibility index (Phi) is 3.84. The fraction of sp³-hybridized carbons (Fsp3) is 0.778. The fourth-order valence-electron chi connectivity index (χ4n) is 1.77. The highest BCUT2D eigenvalue weighted by molar-refractivity contribution is 6.66. The summed E-state index contributed by atoms with van der Waals surface area (Å²) in [5.41, 5.74) is -0.589. The number of rotatable bonds is 4. The number of nitrogens with zero attached hydrogens (tertiary/aromatic N) is 2. The van der Waals surface area contributed by atoms with Crippen LogP contribution in [0.15, 0.2) is 12.1 Å². The topological polar surface area (TPSA) is 6.48 Å². The SMILES string of the molecule is C=C(CN1CCC(N(C)C)C1)[B-](F)(F)F. The molecule has 0 N–H and O–H groups in total.